The molecule has 1 heterocycles. The summed E-state index contributed by atoms with van der Waals surface area (Å²) in [6, 6.07) is 10.2. The minimum atomic E-state index is -0.884. The molecule has 1 aromatic carbocycles. The van der Waals surface area contributed by atoms with Crippen molar-refractivity contribution in [3.63, 3.8) is 0 Å². The molecule has 16 heavy (non-hydrogen) atoms. The summed E-state index contributed by atoms with van der Waals surface area (Å²) < 4.78 is 0. The van der Waals surface area contributed by atoms with Gasteiger partial charge in [-0.2, -0.15) is 0 Å². The van der Waals surface area contributed by atoms with Crippen molar-refractivity contribution in [3.05, 3.63) is 35.9 Å². The van der Waals surface area contributed by atoms with E-state index in [0.717, 1.165) is 25.9 Å². The number of nitrogens with one attached hydrogen (secondary N) is 1. The molecule has 1 N–H and O–H groups in total. The van der Waals surface area contributed by atoms with E-state index >= 15 is 0 Å². The molecule has 3 nitrogen and oxygen atoms in total. The fourth-order valence-corrected chi connectivity index (χ4v) is 2.40. The van der Waals surface area contributed by atoms with Crippen molar-refractivity contribution in [1.82, 2.24) is 0 Å². The smallest absolute Gasteiger partial charge is 0.103 e. The van der Waals surface area contributed by atoms with E-state index in [-0.39, 0.29) is 5.92 Å². The number of likely N-dealkylation sites (tertiary alicyclic amines) is 1. The van der Waals surface area contributed by atoms with Crippen LogP contribution in [0.2, 0.25) is 0 Å². The van der Waals surface area contributed by atoms with E-state index in [9.17, 15) is 9.90 Å². The summed E-state index contributed by atoms with van der Waals surface area (Å²) in [5.41, 5.74) is 1.27. The largest absolute Gasteiger partial charge is 0.550 e. The third kappa shape index (κ3) is 2.83. The molecule has 0 aromatic heterocycles. The number of aliphatic carboxylic acids is 1. The van der Waals surface area contributed by atoms with Gasteiger partial charge < -0.3 is 14.8 Å². The first kappa shape index (κ1) is 11.1. The van der Waals surface area contributed by atoms with Crippen LogP contribution in [0.15, 0.2) is 30.3 Å². The monoisotopic (exact) mass is 219 g/mol. The van der Waals surface area contributed by atoms with Crippen LogP contribution < -0.4 is 10.0 Å². The zero-order valence-electron chi connectivity index (χ0n) is 9.32. The van der Waals surface area contributed by atoms with Gasteiger partial charge in [0.05, 0.1) is 19.1 Å². The van der Waals surface area contributed by atoms with Gasteiger partial charge in [-0.05, 0) is 12.8 Å². The topological polar surface area (TPSA) is 44.6 Å². The van der Waals surface area contributed by atoms with Crippen LogP contribution in [0.4, 0.5) is 0 Å². The minimum absolute atomic E-state index is 0.257. The van der Waals surface area contributed by atoms with Crippen LogP contribution in [0.3, 0.4) is 0 Å². The number of hydrogen-bond acceptors (Lipinski definition) is 2. The summed E-state index contributed by atoms with van der Waals surface area (Å²) in [5, 5.41) is 10.8. The number of carbonyl (C=O) groups is 1. The molecule has 0 aliphatic carbocycles. The van der Waals surface area contributed by atoms with Crippen LogP contribution in [0.25, 0.3) is 0 Å². The van der Waals surface area contributed by atoms with Crippen LogP contribution >= 0.6 is 0 Å². The number of carbonyl (C=O) groups excluding carboxylic acids is 1. The van der Waals surface area contributed by atoms with Crippen LogP contribution in [0.1, 0.15) is 18.4 Å². The Morgan fingerprint density at radius 2 is 2.12 bits per heavy atom. The maximum Gasteiger partial charge on any atom is 0.103 e. The quantitative estimate of drug-likeness (QED) is 0.725. The Hall–Kier alpha value is -1.35. The zero-order valence-corrected chi connectivity index (χ0v) is 9.32. The fourth-order valence-electron chi connectivity index (χ4n) is 2.40. The molecule has 3 heteroatoms. The number of benzene rings is 1. The molecule has 0 radical (unpaired) electrons. The van der Waals surface area contributed by atoms with E-state index in [1.54, 1.807) is 0 Å². The molecule has 1 saturated heterocycles. The molecule has 1 aliphatic heterocycles. The number of carboxylic acid groups (broad SMARTS) is 1. The van der Waals surface area contributed by atoms with Gasteiger partial charge in [-0.15, -0.1) is 0 Å². The fraction of sp³-hybridized carbons (Fsp3) is 0.462. The normalized spacial score (nSPS) is 25.2. The second-order valence-corrected chi connectivity index (χ2v) is 4.52. The lowest BCUT2D eigenvalue weighted by Crippen LogP contribution is -3.12. The molecular weight excluding hydrogens is 202 g/mol. The van der Waals surface area contributed by atoms with E-state index in [4.69, 9.17) is 0 Å². The summed E-state index contributed by atoms with van der Waals surface area (Å²) >= 11 is 0. The first-order valence-corrected chi connectivity index (χ1v) is 5.84. The number of carboxylic acids is 1. The Balaban J connectivity index is 1.93. The summed E-state index contributed by atoms with van der Waals surface area (Å²) in [5.74, 6) is -1.14. The summed E-state index contributed by atoms with van der Waals surface area (Å²) in [7, 11) is 0. The van der Waals surface area contributed by atoms with E-state index < -0.39 is 5.97 Å². The third-order valence-electron chi connectivity index (χ3n) is 3.25. The van der Waals surface area contributed by atoms with Crippen molar-refractivity contribution in [1.29, 1.82) is 0 Å². The molecule has 0 amide bonds. The highest BCUT2D eigenvalue weighted by Gasteiger charge is 2.23. The molecule has 1 fully saturated rings. The summed E-state index contributed by atoms with van der Waals surface area (Å²) in [6.07, 6.45) is 1.77. The van der Waals surface area contributed by atoms with E-state index in [1.165, 1.54) is 10.5 Å². The molecule has 0 saturated carbocycles. The Kier molecular flexibility index (Phi) is 3.57. The predicted octanol–water partition coefficient (Wildman–Crippen LogP) is -0.769. The van der Waals surface area contributed by atoms with Crippen LogP contribution in [0, 0.1) is 5.92 Å². The second kappa shape index (κ2) is 5.12. The van der Waals surface area contributed by atoms with Crippen LogP contribution in [-0.4, -0.2) is 19.1 Å². The molecular formula is C13H17NO2. The minimum Gasteiger partial charge on any atom is -0.550 e. The highest BCUT2D eigenvalue weighted by Crippen LogP contribution is 2.06. The van der Waals surface area contributed by atoms with Crippen molar-refractivity contribution in [3.8, 4) is 0 Å². The Morgan fingerprint density at radius 1 is 1.38 bits per heavy atom. The number of hydrogen-bond donors (Lipinski definition) is 1. The molecule has 0 spiro atoms. The van der Waals surface area contributed by atoms with E-state index in [0.29, 0.717) is 6.54 Å². The average Bonchev–Trinajstić information content (AvgIpc) is 2.30. The molecule has 1 unspecified atom stereocenters. The van der Waals surface area contributed by atoms with Crippen molar-refractivity contribution in [2.75, 3.05) is 13.1 Å². The molecule has 2 rings (SSSR count). The maximum absolute atomic E-state index is 10.8. The number of piperidine rings is 1. The second-order valence-electron chi connectivity index (χ2n) is 4.52. The van der Waals surface area contributed by atoms with Crippen molar-refractivity contribution in [2.24, 2.45) is 5.92 Å². The molecule has 86 valence electrons. The zero-order chi connectivity index (χ0) is 11.4. The van der Waals surface area contributed by atoms with Gasteiger partial charge in [0, 0.05) is 11.5 Å². The Morgan fingerprint density at radius 3 is 2.81 bits per heavy atom. The van der Waals surface area contributed by atoms with Crippen molar-refractivity contribution in [2.45, 2.75) is 19.4 Å². The third-order valence-corrected chi connectivity index (χ3v) is 3.25. The molecule has 1 aromatic rings. The van der Waals surface area contributed by atoms with Gasteiger partial charge in [-0.25, -0.2) is 0 Å². The van der Waals surface area contributed by atoms with Gasteiger partial charge in [0.15, 0.2) is 0 Å². The van der Waals surface area contributed by atoms with Gasteiger partial charge in [0.1, 0.15) is 6.54 Å². The van der Waals surface area contributed by atoms with Gasteiger partial charge in [-0.1, -0.05) is 30.3 Å². The highest BCUT2D eigenvalue weighted by atomic mass is 16.4. The van der Waals surface area contributed by atoms with Crippen molar-refractivity contribution < 1.29 is 14.8 Å². The lowest BCUT2D eigenvalue weighted by Gasteiger charge is -2.30. The van der Waals surface area contributed by atoms with E-state index in [2.05, 4.69) is 12.1 Å². The SMILES string of the molecule is O=C([O-])[C@@H]1CCC[NH+](Cc2ccccc2)C1. The number of rotatable bonds is 3. The van der Waals surface area contributed by atoms with Crippen molar-refractivity contribution >= 4 is 5.97 Å². The lowest BCUT2D eigenvalue weighted by atomic mass is 9.98. The lowest BCUT2D eigenvalue weighted by molar-refractivity contribution is -0.921. The standard InChI is InChI=1S/C13H17NO2/c15-13(16)12-7-4-8-14(10-12)9-11-5-2-1-3-6-11/h1-3,5-6,12H,4,7-10H2,(H,15,16)/t12-/m1/s1. The van der Waals surface area contributed by atoms with E-state index in [1.807, 2.05) is 18.2 Å². The first-order valence-electron chi connectivity index (χ1n) is 5.84. The Bertz CT molecular complexity index is 350. The summed E-state index contributed by atoms with van der Waals surface area (Å²) in [6.45, 7) is 2.69. The predicted molar refractivity (Wildman–Crippen MR) is 58.6 cm³/mol. The molecule has 0 bridgehead atoms. The summed E-state index contributed by atoms with van der Waals surface area (Å²) in [4.78, 5) is 12.2. The maximum atomic E-state index is 10.8. The van der Waals surface area contributed by atoms with Gasteiger partial charge in [-0.3, -0.25) is 0 Å². The van der Waals surface area contributed by atoms with Gasteiger partial charge in [0.2, 0.25) is 0 Å². The van der Waals surface area contributed by atoms with Crippen LogP contribution in [-0.2, 0) is 11.3 Å². The molecule has 1 aliphatic rings. The first-order chi connectivity index (χ1) is 7.75. The molecule has 2 atom stereocenters. The van der Waals surface area contributed by atoms with Gasteiger partial charge >= 0.3 is 0 Å². The Labute approximate surface area is 95.7 Å². The average molecular weight is 219 g/mol. The van der Waals surface area contributed by atoms with Crippen LogP contribution in [0.5, 0.6) is 0 Å². The highest BCUT2D eigenvalue weighted by molar-refractivity contribution is 5.67. The number of quaternary nitrogens is 1. The van der Waals surface area contributed by atoms with Gasteiger partial charge in [0.25, 0.3) is 0 Å².